The van der Waals surface area contributed by atoms with Crippen LogP contribution >= 0.6 is 0 Å². The molecule has 4 rings (SSSR count). The van der Waals surface area contributed by atoms with E-state index in [0.29, 0.717) is 30.3 Å². The molecule has 1 aromatic rings. The van der Waals surface area contributed by atoms with Crippen molar-refractivity contribution in [1.29, 1.82) is 0 Å². The highest BCUT2D eigenvalue weighted by atomic mass is 16.5. The summed E-state index contributed by atoms with van der Waals surface area (Å²) in [6.45, 7) is 15.0. The first-order chi connectivity index (χ1) is 15.9. The average Bonchev–Trinajstić information content (AvgIpc) is 3.55. The second kappa shape index (κ2) is 13.4. The van der Waals surface area contributed by atoms with Gasteiger partial charge in [0.05, 0.1) is 6.61 Å². The third-order valence-corrected chi connectivity index (χ3v) is 6.22. The zero-order valence-electron chi connectivity index (χ0n) is 19.8. The Morgan fingerprint density at radius 2 is 1.70 bits per heavy atom. The molecule has 0 amide bonds. The van der Waals surface area contributed by atoms with E-state index in [2.05, 4.69) is 61.8 Å². The highest BCUT2D eigenvalue weighted by Crippen LogP contribution is 2.53. The quantitative estimate of drug-likeness (QED) is 0.214. The molecule has 5 atom stereocenters. The highest BCUT2D eigenvalue weighted by molar-refractivity contribution is 5.81. The summed E-state index contributed by atoms with van der Waals surface area (Å²) in [5.41, 5.74) is 2.50. The van der Waals surface area contributed by atoms with E-state index in [4.69, 9.17) is 4.74 Å². The maximum atomic E-state index is 11.2. The molecule has 0 N–H and O–H groups in total. The second-order valence-corrected chi connectivity index (χ2v) is 8.38. The summed E-state index contributed by atoms with van der Waals surface area (Å²) in [6, 6.07) is 8.19. The van der Waals surface area contributed by atoms with Gasteiger partial charge in [-0.2, -0.15) is 0 Å². The first kappa shape index (κ1) is 26.1. The molecule has 5 unspecified atom stereocenters. The smallest absolute Gasteiger partial charge is 0.330 e. The lowest BCUT2D eigenvalue weighted by Crippen LogP contribution is -2.28. The van der Waals surface area contributed by atoms with Crippen LogP contribution < -0.4 is 0 Å². The predicted octanol–water partition coefficient (Wildman–Crippen LogP) is 6.25. The summed E-state index contributed by atoms with van der Waals surface area (Å²) in [7, 11) is 0. The van der Waals surface area contributed by atoms with Gasteiger partial charge in [0.15, 0.2) is 0 Å². The molecule has 0 spiro atoms. The number of carbonyl (C=O) groups is 2. The minimum absolute atomic E-state index is 0.0274. The van der Waals surface area contributed by atoms with Crippen LogP contribution in [0.15, 0.2) is 80.5 Å². The SMILES string of the molecule is C=CC(=O)OC1C=CC2C3C=CC(C3)C12.C=CC(=O)OCCCC.C=Cc1ccccc1C. The molecule has 4 heteroatoms. The van der Waals surface area contributed by atoms with Crippen molar-refractivity contribution in [1.82, 2.24) is 0 Å². The largest absolute Gasteiger partial charge is 0.463 e. The lowest BCUT2D eigenvalue weighted by molar-refractivity contribution is -0.143. The van der Waals surface area contributed by atoms with E-state index in [1.807, 2.05) is 31.2 Å². The number of allylic oxidation sites excluding steroid dienone is 3. The van der Waals surface area contributed by atoms with E-state index < -0.39 is 0 Å². The number of hydrogen-bond acceptors (Lipinski definition) is 4. The van der Waals surface area contributed by atoms with E-state index in [0.717, 1.165) is 12.8 Å². The molecule has 33 heavy (non-hydrogen) atoms. The molecule has 1 fully saturated rings. The van der Waals surface area contributed by atoms with Crippen molar-refractivity contribution < 1.29 is 19.1 Å². The molecular weight excluding hydrogens is 412 g/mol. The number of fused-ring (bicyclic) bond motifs is 5. The van der Waals surface area contributed by atoms with Crippen molar-refractivity contribution >= 4 is 18.0 Å². The van der Waals surface area contributed by atoms with Crippen LogP contribution in [0.4, 0.5) is 0 Å². The Balaban J connectivity index is 0.000000187. The molecule has 176 valence electrons. The fraction of sp³-hybridized carbons (Fsp3) is 0.379. The molecule has 3 aliphatic rings. The Bertz CT molecular complexity index is 895. The molecule has 4 nitrogen and oxygen atoms in total. The third-order valence-electron chi connectivity index (χ3n) is 6.22. The van der Waals surface area contributed by atoms with Crippen LogP contribution in [0, 0.1) is 30.6 Å². The fourth-order valence-electron chi connectivity index (χ4n) is 4.49. The minimum atomic E-state index is -0.330. The van der Waals surface area contributed by atoms with Crippen molar-refractivity contribution in [3.05, 3.63) is 91.6 Å². The fourth-order valence-corrected chi connectivity index (χ4v) is 4.49. The summed E-state index contributed by atoms with van der Waals surface area (Å²) >= 11 is 0. The maximum absolute atomic E-state index is 11.2. The molecule has 0 radical (unpaired) electrons. The molecule has 1 saturated carbocycles. The zero-order valence-corrected chi connectivity index (χ0v) is 19.8. The molecule has 0 aliphatic heterocycles. The van der Waals surface area contributed by atoms with Crippen molar-refractivity contribution in [2.75, 3.05) is 6.61 Å². The Labute approximate surface area is 198 Å². The molecule has 1 aromatic carbocycles. The van der Waals surface area contributed by atoms with Crippen molar-refractivity contribution in [2.24, 2.45) is 23.7 Å². The van der Waals surface area contributed by atoms with Gasteiger partial charge in [-0.3, -0.25) is 0 Å². The molecule has 0 heterocycles. The number of carbonyl (C=O) groups excluding carboxylic acids is 2. The van der Waals surface area contributed by atoms with Gasteiger partial charge in [-0.25, -0.2) is 9.59 Å². The van der Waals surface area contributed by atoms with E-state index in [1.165, 1.54) is 29.7 Å². The van der Waals surface area contributed by atoms with Crippen molar-refractivity contribution in [3.8, 4) is 0 Å². The maximum Gasteiger partial charge on any atom is 0.330 e. The summed E-state index contributed by atoms with van der Waals surface area (Å²) in [4.78, 5) is 21.5. The normalized spacial score (nSPS) is 25.0. The van der Waals surface area contributed by atoms with E-state index >= 15 is 0 Å². The number of rotatable bonds is 7. The minimum Gasteiger partial charge on any atom is -0.463 e. The van der Waals surface area contributed by atoms with Gasteiger partial charge in [0.1, 0.15) is 6.10 Å². The second-order valence-electron chi connectivity index (χ2n) is 8.38. The highest BCUT2D eigenvalue weighted by Gasteiger charge is 2.49. The Morgan fingerprint density at radius 3 is 2.30 bits per heavy atom. The Hall–Kier alpha value is -3.14. The van der Waals surface area contributed by atoms with Gasteiger partial charge in [-0.1, -0.05) is 81.7 Å². The third kappa shape index (κ3) is 7.45. The van der Waals surface area contributed by atoms with Gasteiger partial charge in [-0.05, 0) is 54.7 Å². The van der Waals surface area contributed by atoms with Crippen molar-refractivity contribution in [3.63, 3.8) is 0 Å². The lowest BCUT2D eigenvalue weighted by atomic mass is 9.84. The monoisotopic (exact) mass is 448 g/mol. The van der Waals surface area contributed by atoms with Crippen LogP contribution in [-0.4, -0.2) is 24.6 Å². The summed E-state index contributed by atoms with van der Waals surface area (Å²) in [6.07, 6.45) is 16.3. The summed E-state index contributed by atoms with van der Waals surface area (Å²) < 4.78 is 10.0. The van der Waals surface area contributed by atoms with Gasteiger partial charge >= 0.3 is 11.9 Å². The molecular formula is C29H36O4. The average molecular weight is 449 g/mol. The van der Waals surface area contributed by atoms with Crippen molar-refractivity contribution in [2.45, 2.75) is 39.2 Å². The van der Waals surface area contributed by atoms with Gasteiger partial charge in [-0.15, -0.1) is 0 Å². The number of benzene rings is 1. The first-order valence-corrected chi connectivity index (χ1v) is 11.6. The summed E-state index contributed by atoms with van der Waals surface area (Å²) in [5.74, 6) is 1.74. The number of esters is 2. The van der Waals surface area contributed by atoms with E-state index in [9.17, 15) is 9.59 Å². The lowest BCUT2D eigenvalue weighted by Gasteiger charge is -2.25. The van der Waals surface area contributed by atoms with Gasteiger partial charge < -0.3 is 9.47 Å². The van der Waals surface area contributed by atoms with E-state index in [-0.39, 0.29) is 18.0 Å². The van der Waals surface area contributed by atoms with Crippen LogP contribution in [0.5, 0.6) is 0 Å². The Morgan fingerprint density at radius 1 is 1.00 bits per heavy atom. The first-order valence-electron chi connectivity index (χ1n) is 11.6. The number of unbranched alkanes of at least 4 members (excludes halogenated alkanes) is 1. The number of hydrogen-bond donors (Lipinski definition) is 0. The predicted molar refractivity (Wildman–Crippen MR) is 134 cm³/mol. The van der Waals surface area contributed by atoms with Crippen LogP contribution in [0.3, 0.4) is 0 Å². The Kier molecular flexibility index (Phi) is 10.6. The number of ether oxygens (including phenoxy) is 2. The van der Waals surface area contributed by atoms with Gasteiger partial charge in [0.25, 0.3) is 0 Å². The standard InChI is InChI=1S/C13H14O2.C9H10.C7H12O2/c1-2-12(14)15-11-6-5-10-8-3-4-9(7-8)13(10)11;1-3-9-7-5-4-6-8(9)2;1-3-5-6-9-7(8)4-2/h2-6,8-11,13H,1,7H2;3-7H,1H2,2H3;4H,2-3,5-6H2,1H3. The van der Waals surface area contributed by atoms with Crippen LogP contribution in [0.2, 0.25) is 0 Å². The molecule has 0 saturated heterocycles. The molecule has 2 bridgehead atoms. The van der Waals surface area contributed by atoms with Crippen LogP contribution in [0.25, 0.3) is 6.08 Å². The van der Waals surface area contributed by atoms with E-state index in [1.54, 1.807) is 0 Å². The van der Waals surface area contributed by atoms with Crippen LogP contribution in [0.1, 0.15) is 37.3 Å². The molecule has 3 aliphatic carbocycles. The van der Waals surface area contributed by atoms with Gasteiger partial charge in [0.2, 0.25) is 0 Å². The topological polar surface area (TPSA) is 52.6 Å². The summed E-state index contributed by atoms with van der Waals surface area (Å²) in [5, 5.41) is 0. The van der Waals surface area contributed by atoms with Crippen LogP contribution in [-0.2, 0) is 19.1 Å². The molecule has 0 aromatic heterocycles. The van der Waals surface area contributed by atoms with Gasteiger partial charge in [0, 0.05) is 18.1 Å². The zero-order chi connectivity index (χ0) is 24.2. The number of aryl methyl sites for hydroxylation is 1.